The van der Waals surface area contributed by atoms with Gasteiger partial charge >= 0.3 is 0 Å². The molecule has 0 aliphatic carbocycles. The van der Waals surface area contributed by atoms with Crippen LogP contribution >= 0.6 is 0 Å². The van der Waals surface area contributed by atoms with E-state index in [2.05, 4.69) is 4.98 Å². The Bertz CT molecular complexity index is 516. The van der Waals surface area contributed by atoms with Gasteiger partial charge in [0.2, 0.25) is 0 Å². The maximum absolute atomic E-state index is 13.2. The molecule has 3 rings (SSSR count). The molecule has 0 spiro atoms. The number of benzene rings is 1. The summed E-state index contributed by atoms with van der Waals surface area (Å²) in [5.74, 6) is 0. The molecule has 1 aromatic heterocycles. The molecule has 2 heterocycles. The van der Waals surface area contributed by atoms with Gasteiger partial charge in [-0.1, -0.05) is 12.1 Å². The van der Waals surface area contributed by atoms with Crippen LogP contribution in [0.15, 0.2) is 43.0 Å². The molecular weight excluding hydrogens is 245 g/mol. The summed E-state index contributed by atoms with van der Waals surface area (Å²) >= 11 is 0. The van der Waals surface area contributed by atoms with Crippen molar-refractivity contribution in [2.75, 3.05) is 13.1 Å². The second-order valence-corrected chi connectivity index (χ2v) is 4.91. The fourth-order valence-electron chi connectivity index (χ4n) is 2.39. The lowest BCUT2D eigenvalue weighted by Crippen LogP contribution is -2.21. The summed E-state index contributed by atoms with van der Waals surface area (Å²) in [6.45, 7) is 1.39. The van der Waals surface area contributed by atoms with E-state index in [9.17, 15) is 9.50 Å². The van der Waals surface area contributed by atoms with Gasteiger partial charge < -0.3 is 9.67 Å². The van der Waals surface area contributed by atoms with Gasteiger partial charge in [-0.2, -0.15) is 0 Å². The molecule has 0 amide bonds. The summed E-state index contributed by atoms with van der Waals surface area (Å²) in [5, 5.41) is 9.39. The molecule has 1 saturated heterocycles. The minimum absolute atomic E-state index is 0.310. The van der Waals surface area contributed by atoms with Gasteiger partial charge in [0, 0.05) is 37.7 Å². The van der Waals surface area contributed by atoms with Gasteiger partial charge in [-0.3, -0.25) is 4.90 Å². The first kappa shape index (κ1) is 12.3. The molecule has 2 atom stereocenters. The first-order valence-corrected chi connectivity index (χ1v) is 6.34. The van der Waals surface area contributed by atoms with Crippen molar-refractivity contribution in [3.05, 3.63) is 48.5 Å². The minimum atomic E-state index is -1.12. The summed E-state index contributed by atoms with van der Waals surface area (Å²) in [6, 6.07) is 8.06. The van der Waals surface area contributed by atoms with E-state index >= 15 is 0 Å². The Morgan fingerprint density at radius 3 is 2.63 bits per heavy atom. The van der Waals surface area contributed by atoms with Crippen molar-refractivity contribution in [3.63, 3.8) is 0 Å². The molecule has 100 valence electrons. The number of rotatable bonds is 3. The molecular formula is C14H16FN3O. The highest BCUT2D eigenvalue weighted by atomic mass is 19.1. The normalized spacial score (nSPS) is 23.9. The van der Waals surface area contributed by atoms with Crippen LogP contribution in [0.4, 0.5) is 4.39 Å². The highest BCUT2D eigenvalue weighted by molar-refractivity contribution is 5.34. The van der Waals surface area contributed by atoms with Crippen LogP contribution < -0.4 is 0 Å². The van der Waals surface area contributed by atoms with E-state index in [1.165, 1.54) is 0 Å². The predicted molar refractivity (Wildman–Crippen MR) is 69.7 cm³/mol. The summed E-state index contributed by atoms with van der Waals surface area (Å²) in [5.41, 5.74) is 2.16. The Labute approximate surface area is 111 Å². The molecule has 0 bridgehead atoms. The smallest absolute Gasteiger partial charge is 0.140 e. The number of hydrogen-bond donors (Lipinski definition) is 1. The number of likely N-dealkylation sites (tertiary alicyclic amines) is 1. The zero-order chi connectivity index (χ0) is 13.2. The largest absolute Gasteiger partial charge is 0.389 e. The van der Waals surface area contributed by atoms with E-state index < -0.39 is 12.3 Å². The van der Waals surface area contributed by atoms with E-state index in [4.69, 9.17) is 0 Å². The number of halogens is 1. The number of hydrogen-bond acceptors (Lipinski definition) is 3. The monoisotopic (exact) mass is 261 g/mol. The van der Waals surface area contributed by atoms with Crippen LogP contribution in [-0.2, 0) is 6.54 Å². The molecule has 0 unspecified atom stereocenters. The number of aromatic nitrogens is 2. The van der Waals surface area contributed by atoms with Crippen molar-refractivity contribution in [2.24, 2.45) is 0 Å². The first-order chi connectivity index (χ1) is 9.22. The van der Waals surface area contributed by atoms with Crippen molar-refractivity contribution >= 4 is 0 Å². The summed E-state index contributed by atoms with van der Waals surface area (Å²) in [4.78, 5) is 5.94. The average Bonchev–Trinajstić information content (AvgIpc) is 3.02. The number of aliphatic hydroxyl groups is 1. The topological polar surface area (TPSA) is 41.3 Å². The lowest BCUT2D eigenvalue weighted by atomic mass is 10.2. The number of nitrogens with zero attached hydrogens (tertiary/aromatic N) is 3. The van der Waals surface area contributed by atoms with Crippen LogP contribution in [0.2, 0.25) is 0 Å². The second-order valence-electron chi connectivity index (χ2n) is 4.91. The highest BCUT2D eigenvalue weighted by Gasteiger charge is 2.30. The Hall–Kier alpha value is -1.72. The van der Waals surface area contributed by atoms with Gasteiger partial charge in [0.15, 0.2) is 0 Å². The van der Waals surface area contributed by atoms with Crippen molar-refractivity contribution in [1.29, 1.82) is 0 Å². The molecule has 1 aliphatic rings. The van der Waals surface area contributed by atoms with Crippen LogP contribution in [0, 0.1) is 0 Å². The third-order valence-electron chi connectivity index (χ3n) is 3.44. The summed E-state index contributed by atoms with van der Waals surface area (Å²) < 4.78 is 15.1. The second kappa shape index (κ2) is 5.11. The maximum Gasteiger partial charge on any atom is 0.140 e. The molecule has 4 nitrogen and oxygen atoms in total. The Balaban J connectivity index is 1.67. The van der Waals surface area contributed by atoms with E-state index in [-0.39, 0.29) is 0 Å². The Kier molecular flexibility index (Phi) is 3.31. The third-order valence-corrected chi connectivity index (χ3v) is 3.44. The van der Waals surface area contributed by atoms with E-state index in [1.54, 1.807) is 12.5 Å². The molecule has 19 heavy (non-hydrogen) atoms. The van der Waals surface area contributed by atoms with Gasteiger partial charge in [0.05, 0.1) is 12.4 Å². The maximum atomic E-state index is 13.2. The molecule has 0 saturated carbocycles. The molecule has 1 fully saturated rings. The SMILES string of the molecule is O[C@@H]1CN(Cc2ccc(-n3ccnc3)cc2)C[C@H]1F. The van der Waals surface area contributed by atoms with Crippen LogP contribution in [0.1, 0.15) is 5.56 Å². The zero-order valence-electron chi connectivity index (χ0n) is 10.5. The number of alkyl halides is 1. The van der Waals surface area contributed by atoms with Gasteiger partial charge in [-0.25, -0.2) is 9.37 Å². The standard InChI is InChI=1S/C14H16FN3O/c15-13-8-17(9-14(13)19)7-11-1-3-12(4-2-11)18-6-5-16-10-18/h1-6,10,13-14,19H,7-9H2/t13-,14-/m1/s1. The highest BCUT2D eigenvalue weighted by Crippen LogP contribution is 2.17. The van der Waals surface area contributed by atoms with Gasteiger partial charge in [-0.15, -0.1) is 0 Å². The van der Waals surface area contributed by atoms with Crippen LogP contribution in [0.3, 0.4) is 0 Å². The Morgan fingerprint density at radius 1 is 1.26 bits per heavy atom. The molecule has 1 N–H and O–H groups in total. The number of imidazole rings is 1. The summed E-state index contributed by atoms with van der Waals surface area (Å²) in [7, 11) is 0. The Morgan fingerprint density at radius 2 is 2.05 bits per heavy atom. The van der Waals surface area contributed by atoms with Crippen LogP contribution in [-0.4, -0.2) is 44.9 Å². The molecule has 5 heteroatoms. The number of aliphatic hydroxyl groups excluding tert-OH is 1. The van der Waals surface area contributed by atoms with Crippen molar-refractivity contribution in [1.82, 2.24) is 14.5 Å². The van der Waals surface area contributed by atoms with E-state index in [1.807, 2.05) is 39.9 Å². The zero-order valence-corrected chi connectivity index (χ0v) is 10.5. The third kappa shape index (κ3) is 2.67. The van der Waals surface area contributed by atoms with Gasteiger partial charge in [-0.05, 0) is 17.7 Å². The van der Waals surface area contributed by atoms with Crippen LogP contribution in [0.25, 0.3) is 5.69 Å². The lowest BCUT2D eigenvalue weighted by molar-refractivity contribution is 0.115. The van der Waals surface area contributed by atoms with Gasteiger partial charge in [0.25, 0.3) is 0 Å². The van der Waals surface area contributed by atoms with E-state index in [0.29, 0.717) is 19.6 Å². The van der Waals surface area contributed by atoms with Crippen molar-refractivity contribution in [2.45, 2.75) is 18.8 Å². The average molecular weight is 261 g/mol. The summed E-state index contributed by atoms with van der Waals surface area (Å²) in [6.07, 6.45) is 3.41. The number of β-amino-alcohol motifs (C(OH)–C–C–N with tert-alkyl or cyclic N) is 1. The lowest BCUT2D eigenvalue weighted by Gasteiger charge is -2.14. The molecule has 1 aromatic carbocycles. The van der Waals surface area contributed by atoms with E-state index in [0.717, 1.165) is 11.3 Å². The van der Waals surface area contributed by atoms with Gasteiger partial charge in [0.1, 0.15) is 6.17 Å². The van der Waals surface area contributed by atoms with Crippen molar-refractivity contribution < 1.29 is 9.50 Å². The quantitative estimate of drug-likeness (QED) is 0.907. The molecule has 0 radical (unpaired) electrons. The van der Waals surface area contributed by atoms with Crippen molar-refractivity contribution in [3.8, 4) is 5.69 Å². The van der Waals surface area contributed by atoms with Crippen LogP contribution in [0.5, 0.6) is 0 Å². The molecule has 2 aromatic rings. The fourth-order valence-corrected chi connectivity index (χ4v) is 2.39. The first-order valence-electron chi connectivity index (χ1n) is 6.34. The predicted octanol–water partition coefficient (Wildman–Crippen LogP) is 1.39. The minimum Gasteiger partial charge on any atom is -0.389 e. The molecule has 1 aliphatic heterocycles. The fraction of sp³-hybridized carbons (Fsp3) is 0.357.